The Morgan fingerprint density at radius 3 is 2.56 bits per heavy atom. The third-order valence-electron chi connectivity index (χ3n) is 3.77. The summed E-state index contributed by atoms with van der Waals surface area (Å²) < 4.78 is 0. The molecule has 16 heavy (non-hydrogen) atoms. The highest BCUT2D eigenvalue weighted by molar-refractivity contribution is 9.09. The van der Waals surface area contributed by atoms with Gasteiger partial charge in [-0.2, -0.15) is 0 Å². The zero-order valence-electron chi connectivity index (χ0n) is 10.2. The Balaban J connectivity index is 2.00. The summed E-state index contributed by atoms with van der Waals surface area (Å²) in [6, 6.07) is 9.03. The summed E-state index contributed by atoms with van der Waals surface area (Å²) in [5.41, 5.74) is 2.85. The van der Waals surface area contributed by atoms with Crippen LogP contribution < -0.4 is 0 Å². The molecule has 1 heteroatoms. The molecule has 0 bridgehead atoms. The standard InChI is InChI=1S/C15H21Br/c1-11-3-6-13(7-4-11)10-14-9-12(2)5-8-15(14)16/h3-4,6-7,12,14-15H,5,8-10H2,1-2H3. The second kappa shape index (κ2) is 5.35. The van der Waals surface area contributed by atoms with Gasteiger partial charge in [0.2, 0.25) is 0 Å². The summed E-state index contributed by atoms with van der Waals surface area (Å²) in [4.78, 5) is 0.727. The highest BCUT2D eigenvalue weighted by atomic mass is 79.9. The van der Waals surface area contributed by atoms with Gasteiger partial charge in [0.15, 0.2) is 0 Å². The van der Waals surface area contributed by atoms with E-state index in [1.807, 2.05) is 0 Å². The minimum absolute atomic E-state index is 0.727. The Bertz CT molecular complexity index is 328. The third-order valence-corrected chi connectivity index (χ3v) is 4.98. The van der Waals surface area contributed by atoms with Gasteiger partial charge in [-0.3, -0.25) is 0 Å². The molecule has 0 radical (unpaired) electrons. The van der Waals surface area contributed by atoms with Crippen molar-refractivity contribution in [3.63, 3.8) is 0 Å². The SMILES string of the molecule is Cc1ccc(CC2CC(C)CCC2Br)cc1. The molecule has 3 atom stereocenters. The van der Waals surface area contributed by atoms with Crippen molar-refractivity contribution >= 4 is 15.9 Å². The highest BCUT2D eigenvalue weighted by Gasteiger charge is 2.26. The summed E-state index contributed by atoms with van der Waals surface area (Å²) in [7, 11) is 0. The van der Waals surface area contributed by atoms with Crippen LogP contribution in [-0.2, 0) is 6.42 Å². The van der Waals surface area contributed by atoms with Crippen LogP contribution in [0.4, 0.5) is 0 Å². The summed E-state index contributed by atoms with van der Waals surface area (Å²) in [6.45, 7) is 4.54. The molecule has 0 saturated heterocycles. The Morgan fingerprint density at radius 2 is 1.88 bits per heavy atom. The molecule has 88 valence electrons. The Morgan fingerprint density at radius 1 is 1.19 bits per heavy atom. The number of benzene rings is 1. The van der Waals surface area contributed by atoms with Crippen molar-refractivity contribution in [1.82, 2.24) is 0 Å². The average Bonchev–Trinajstić information content (AvgIpc) is 2.27. The molecule has 2 rings (SSSR count). The molecule has 0 aliphatic heterocycles. The summed E-state index contributed by atoms with van der Waals surface area (Å²) in [6.07, 6.45) is 5.35. The predicted molar refractivity (Wildman–Crippen MR) is 74.1 cm³/mol. The smallest absolute Gasteiger partial charge is 0.0177 e. The van der Waals surface area contributed by atoms with Crippen molar-refractivity contribution in [1.29, 1.82) is 0 Å². The number of alkyl halides is 1. The molecule has 1 saturated carbocycles. The second-order valence-corrected chi connectivity index (χ2v) is 6.56. The van der Waals surface area contributed by atoms with Crippen LogP contribution in [0.15, 0.2) is 24.3 Å². The average molecular weight is 281 g/mol. The van der Waals surface area contributed by atoms with Gasteiger partial charge in [-0.05, 0) is 50.0 Å². The van der Waals surface area contributed by atoms with Crippen molar-refractivity contribution in [3.05, 3.63) is 35.4 Å². The van der Waals surface area contributed by atoms with Crippen LogP contribution in [0, 0.1) is 18.8 Å². The fourth-order valence-corrected chi connectivity index (χ4v) is 3.37. The van der Waals surface area contributed by atoms with Crippen LogP contribution in [0.2, 0.25) is 0 Å². The van der Waals surface area contributed by atoms with Gasteiger partial charge < -0.3 is 0 Å². The van der Waals surface area contributed by atoms with Crippen molar-refractivity contribution in [2.24, 2.45) is 11.8 Å². The maximum absolute atomic E-state index is 3.85. The zero-order chi connectivity index (χ0) is 11.5. The van der Waals surface area contributed by atoms with E-state index in [4.69, 9.17) is 0 Å². The molecule has 1 aliphatic carbocycles. The van der Waals surface area contributed by atoms with Gasteiger partial charge >= 0.3 is 0 Å². The first-order valence-corrected chi connectivity index (χ1v) is 7.26. The Hall–Kier alpha value is -0.300. The topological polar surface area (TPSA) is 0 Å². The molecule has 1 fully saturated rings. The number of aryl methyl sites for hydroxylation is 1. The van der Waals surface area contributed by atoms with Crippen molar-refractivity contribution in [3.8, 4) is 0 Å². The van der Waals surface area contributed by atoms with Crippen molar-refractivity contribution < 1.29 is 0 Å². The molecule has 0 heterocycles. The van der Waals surface area contributed by atoms with E-state index in [0.717, 1.165) is 16.7 Å². The Labute approximate surface area is 108 Å². The number of hydrogen-bond donors (Lipinski definition) is 0. The first kappa shape index (κ1) is 12.2. The molecule has 0 N–H and O–H groups in total. The van der Waals surface area contributed by atoms with Crippen LogP contribution in [0.5, 0.6) is 0 Å². The zero-order valence-corrected chi connectivity index (χ0v) is 11.8. The molecule has 0 amide bonds. The predicted octanol–water partition coefficient (Wildman–Crippen LogP) is 4.74. The fraction of sp³-hybridized carbons (Fsp3) is 0.600. The maximum atomic E-state index is 3.85. The third kappa shape index (κ3) is 3.10. The van der Waals surface area contributed by atoms with E-state index in [2.05, 4.69) is 54.0 Å². The molecule has 3 unspecified atom stereocenters. The molecule has 1 aliphatic rings. The van der Waals surface area contributed by atoms with Gasteiger partial charge in [0.1, 0.15) is 0 Å². The van der Waals surface area contributed by atoms with Crippen LogP contribution in [0.25, 0.3) is 0 Å². The van der Waals surface area contributed by atoms with Crippen molar-refractivity contribution in [2.75, 3.05) is 0 Å². The van der Waals surface area contributed by atoms with Crippen molar-refractivity contribution in [2.45, 2.75) is 44.4 Å². The van der Waals surface area contributed by atoms with Gasteiger partial charge in [-0.25, -0.2) is 0 Å². The monoisotopic (exact) mass is 280 g/mol. The normalized spacial score (nSPS) is 30.3. The first-order chi connectivity index (χ1) is 7.65. The van der Waals surface area contributed by atoms with Gasteiger partial charge in [0.25, 0.3) is 0 Å². The minimum Gasteiger partial charge on any atom is -0.0888 e. The summed E-state index contributed by atoms with van der Waals surface area (Å²) >= 11 is 3.85. The van der Waals surface area contributed by atoms with Gasteiger partial charge in [-0.15, -0.1) is 0 Å². The molecular weight excluding hydrogens is 260 g/mol. The van der Waals surface area contributed by atoms with Gasteiger partial charge in [0.05, 0.1) is 0 Å². The van der Waals surface area contributed by atoms with E-state index in [1.54, 1.807) is 0 Å². The number of hydrogen-bond acceptors (Lipinski definition) is 0. The summed E-state index contributed by atoms with van der Waals surface area (Å²) in [5.74, 6) is 1.73. The molecule has 0 spiro atoms. The molecule has 0 aromatic heterocycles. The molecule has 1 aromatic rings. The van der Waals surface area contributed by atoms with Gasteiger partial charge in [-0.1, -0.05) is 52.7 Å². The quantitative estimate of drug-likeness (QED) is 0.687. The van der Waals surface area contributed by atoms with Crippen LogP contribution >= 0.6 is 15.9 Å². The van der Waals surface area contributed by atoms with Gasteiger partial charge in [0, 0.05) is 4.83 Å². The van der Waals surface area contributed by atoms with E-state index in [-0.39, 0.29) is 0 Å². The lowest BCUT2D eigenvalue weighted by molar-refractivity contribution is 0.294. The number of rotatable bonds is 2. The van der Waals surface area contributed by atoms with E-state index in [1.165, 1.54) is 36.8 Å². The fourth-order valence-electron chi connectivity index (χ4n) is 2.70. The minimum atomic E-state index is 0.727. The second-order valence-electron chi connectivity index (χ2n) is 5.38. The Kier molecular flexibility index (Phi) is 4.07. The van der Waals surface area contributed by atoms with E-state index in [9.17, 15) is 0 Å². The maximum Gasteiger partial charge on any atom is 0.0177 e. The van der Waals surface area contributed by atoms with E-state index >= 15 is 0 Å². The number of halogens is 1. The lowest BCUT2D eigenvalue weighted by Gasteiger charge is -2.31. The van der Waals surface area contributed by atoms with Crippen LogP contribution in [-0.4, -0.2) is 4.83 Å². The molecule has 0 nitrogen and oxygen atoms in total. The molecule has 1 aromatic carbocycles. The lowest BCUT2D eigenvalue weighted by Crippen LogP contribution is -2.25. The van der Waals surface area contributed by atoms with Crippen LogP contribution in [0.3, 0.4) is 0 Å². The largest absolute Gasteiger partial charge is 0.0888 e. The molecular formula is C15H21Br. The summed E-state index contributed by atoms with van der Waals surface area (Å²) in [5, 5.41) is 0. The van der Waals surface area contributed by atoms with E-state index in [0.29, 0.717) is 0 Å². The van der Waals surface area contributed by atoms with E-state index < -0.39 is 0 Å². The first-order valence-electron chi connectivity index (χ1n) is 6.35. The highest BCUT2D eigenvalue weighted by Crippen LogP contribution is 2.35. The van der Waals surface area contributed by atoms with Crippen LogP contribution in [0.1, 0.15) is 37.3 Å². The lowest BCUT2D eigenvalue weighted by atomic mass is 9.79.